The molecule has 0 amide bonds. The molecule has 0 atom stereocenters. The molecule has 0 aliphatic carbocycles. The molecule has 0 spiro atoms. The van der Waals surface area contributed by atoms with Gasteiger partial charge in [-0.2, -0.15) is 4.98 Å². The van der Waals surface area contributed by atoms with Crippen molar-refractivity contribution in [1.29, 1.82) is 0 Å². The van der Waals surface area contributed by atoms with E-state index in [1.54, 1.807) is 0 Å². The van der Waals surface area contributed by atoms with Crippen molar-refractivity contribution in [3.63, 3.8) is 0 Å². The molecule has 0 fully saturated rings. The van der Waals surface area contributed by atoms with E-state index in [1.807, 2.05) is 73.7 Å². The zero-order chi connectivity index (χ0) is 13.8. The summed E-state index contributed by atoms with van der Waals surface area (Å²) in [5.74, 6) is 1.11. The fraction of sp³-hybridized carbons (Fsp3) is 0.0588. The number of aromatic nitrogens is 2. The van der Waals surface area contributed by atoms with Gasteiger partial charge in [-0.05, 0) is 30.7 Å². The first-order chi connectivity index (χ1) is 9.81. The fourth-order valence-corrected chi connectivity index (χ4v) is 1.85. The molecule has 3 nitrogen and oxygen atoms in total. The smallest absolute Gasteiger partial charge is 0.258 e. The summed E-state index contributed by atoms with van der Waals surface area (Å²) in [6.45, 7) is 2.05. The van der Waals surface area contributed by atoms with Gasteiger partial charge in [0.2, 0.25) is 0 Å². The van der Waals surface area contributed by atoms with Gasteiger partial charge in [-0.15, -0.1) is 0 Å². The molecule has 0 bridgehead atoms. The Bertz CT molecular complexity index is 712. The first-order valence-electron chi connectivity index (χ1n) is 6.45. The summed E-state index contributed by atoms with van der Waals surface area (Å²) in [6.07, 6.45) is 3.81. The molecule has 2 aromatic carbocycles. The maximum Gasteiger partial charge on any atom is 0.258 e. The zero-order valence-corrected chi connectivity index (χ0v) is 11.2. The van der Waals surface area contributed by atoms with Crippen molar-refractivity contribution in [2.75, 3.05) is 0 Å². The van der Waals surface area contributed by atoms with Gasteiger partial charge in [-0.3, -0.25) is 0 Å². The molecule has 3 rings (SSSR count). The highest BCUT2D eigenvalue weighted by Gasteiger charge is 2.06. The minimum atomic E-state index is 0.540. The van der Waals surface area contributed by atoms with Crippen LogP contribution < -0.4 is 0 Å². The topological polar surface area (TPSA) is 38.9 Å². The lowest BCUT2D eigenvalue weighted by molar-refractivity contribution is 0.429. The average molecular weight is 262 g/mol. The van der Waals surface area contributed by atoms with Crippen molar-refractivity contribution in [2.45, 2.75) is 6.92 Å². The molecule has 0 N–H and O–H groups in total. The Hall–Kier alpha value is -2.68. The van der Waals surface area contributed by atoms with E-state index in [0.717, 1.165) is 11.1 Å². The normalized spacial score (nSPS) is 11.1. The van der Waals surface area contributed by atoms with E-state index >= 15 is 0 Å². The lowest BCUT2D eigenvalue weighted by atomic mass is 10.1. The van der Waals surface area contributed by atoms with Crippen molar-refractivity contribution >= 4 is 12.2 Å². The van der Waals surface area contributed by atoms with Gasteiger partial charge in [0.25, 0.3) is 5.89 Å². The second-order valence-corrected chi connectivity index (χ2v) is 4.57. The van der Waals surface area contributed by atoms with Crippen LogP contribution in [-0.4, -0.2) is 10.1 Å². The fourth-order valence-electron chi connectivity index (χ4n) is 1.85. The van der Waals surface area contributed by atoms with Crippen LogP contribution >= 0.6 is 0 Å². The molecule has 3 aromatic rings. The Morgan fingerprint density at radius 3 is 2.40 bits per heavy atom. The standard InChI is InChI=1S/C17H14N2O/c1-13-7-10-15(11-8-13)17-18-16(19-20-17)12-9-14-5-3-2-4-6-14/h2-12H,1H3/b12-9+. The summed E-state index contributed by atoms with van der Waals surface area (Å²) in [4.78, 5) is 4.36. The van der Waals surface area contributed by atoms with Gasteiger partial charge in [-0.1, -0.05) is 59.3 Å². The van der Waals surface area contributed by atoms with E-state index < -0.39 is 0 Å². The number of hydrogen-bond donors (Lipinski definition) is 0. The van der Waals surface area contributed by atoms with Crippen molar-refractivity contribution in [2.24, 2.45) is 0 Å². The van der Waals surface area contributed by atoms with E-state index in [-0.39, 0.29) is 0 Å². The minimum absolute atomic E-state index is 0.540. The lowest BCUT2D eigenvalue weighted by Crippen LogP contribution is -1.79. The van der Waals surface area contributed by atoms with Gasteiger partial charge in [0.1, 0.15) is 0 Å². The number of benzene rings is 2. The van der Waals surface area contributed by atoms with E-state index in [9.17, 15) is 0 Å². The number of hydrogen-bond acceptors (Lipinski definition) is 3. The van der Waals surface area contributed by atoms with Gasteiger partial charge >= 0.3 is 0 Å². The van der Waals surface area contributed by atoms with Crippen LogP contribution in [0.3, 0.4) is 0 Å². The summed E-state index contributed by atoms with van der Waals surface area (Å²) in [7, 11) is 0. The maximum atomic E-state index is 5.27. The van der Waals surface area contributed by atoms with E-state index in [2.05, 4.69) is 10.1 Å². The highest BCUT2D eigenvalue weighted by atomic mass is 16.5. The van der Waals surface area contributed by atoms with E-state index in [0.29, 0.717) is 11.7 Å². The summed E-state index contributed by atoms with van der Waals surface area (Å²) < 4.78 is 5.27. The van der Waals surface area contributed by atoms with Crippen LogP contribution in [0.15, 0.2) is 59.1 Å². The van der Waals surface area contributed by atoms with Crippen LogP contribution in [0, 0.1) is 6.92 Å². The monoisotopic (exact) mass is 262 g/mol. The molecule has 0 saturated heterocycles. The Kier molecular flexibility index (Phi) is 3.42. The lowest BCUT2D eigenvalue weighted by Gasteiger charge is -1.94. The Morgan fingerprint density at radius 2 is 1.65 bits per heavy atom. The Morgan fingerprint density at radius 1 is 0.900 bits per heavy atom. The summed E-state index contributed by atoms with van der Waals surface area (Å²) in [5.41, 5.74) is 3.24. The van der Waals surface area contributed by atoms with Crippen LogP contribution in [0.4, 0.5) is 0 Å². The predicted octanol–water partition coefficient (Wildman–Crippen LogP) is 4.22. The second-order valence-electron chi connectivity index (χ2n) is 4.57. The van der Waals surface area contributed by atoms with Crippen LogP contribution in [0.1, 0.15) is 17.0 Å². The third-order valence-electron chi connectivity index (χ3n) is 2.96. The van der Waals surface area contributed by atoms with Gasteiger partial charge in [0.15, 0.2) is 5.82 Å². The number of aryl methyl sites for hydroxylation is 1. The molecule has 0 unspecified atom stereocenters. The molecule has 3 heteroatoms. The Labute approximate surface area is 117 Å². The summed E-state index contributed by atoms with van der Waals surface area (Å²) >= 11 is 0. The Balaban J connectivity index is 1.80. The van der Waals surface area contributed by atoms with Crippen LogP contribution in [0.25, 0.3) is 23.6 Å². The SMILES string of the molecule is Cc1ccc(-c2nc(/C=C/c3ccccc3)no2)cc1. The van der Waals surface area contributed by atoms with Crippen LogP contribution in [0.2, 0.25) is 0 Å². The largest absolute Gasteiger partial charge is 0.334 e. The number of rotatable bonds is 3. The minimum Gasteiger partial charge on any atom is -0.334 e. The molecule has 20 heavy (non-hydrogen) atoms. The molecule has 98 valence electrons. The molecule has 0 saturated carbocycles. The van der Waals surface area contributed by atoms with Crippen molar-refractivity contribution in [3.05, 3.63) is 71.5 Å². The second kappa shape index (κ2) is 5.53. The molecule has 0 aliphatic rings. The first kappa shape index (κ1) is 12.4. The number of nitrogens with zero attached hydrogens (tertiary/aromatic N) is 2. The highest BCUT2D eigenvalue weighted by molar-refractivity contribution is 5.67. The maximum absolute atomic E-state index is 5.27. The zero-order valence-electron chi connectivity index (χ0n) is 11.2. The quantitative estimate of drug-likeness (QED) is 0.709. The highest BCUT2D eigenvalue weighted by Crippen LogP contribution is 2.18. The third kappa shape index (κ3) is 2.83. The van der Waals surface area contributed by atoms with Crippen molar-refractivity contribution in [1.82, 2.24) is 10.1 Å². The van der Waals surface area contributed by atoms with Crippen LogP contribution in [-0.2, 0) is 0 Å². The first-order valence-corrected chi connectivity index (χ1v) is 6.45. The summed E-state index contributed by atoms with van der Waals surface area (Å²) in [5, 5.41) is 3.96. The van der Waals surface area contributed by atoms with Crippen molar-refractivity contribution < 1.29 is 4.52 Å². The molecular formula is C17H14N2O. The molecule has 1 heterocycles. The van der Waals surface area contributed by atoms with Gasteiger partial charge < -0.3 is 4.52 Å². The average Bonchev–Trinajstić information content (AvgIpc) is 2.96. The third-order valence-corrected chi connectivity index (χ3v) is 2.96. The molecule has 1 aromatic heterocycles. The molecular weight excluding hydrogens is 248 g/mol. The summed E-state index contributed by atoms with van der Waals surface area (Å²) in [6, 6.07) is 18.0. The van der Waals surface area contributed by atoms with Crippen LogP contribution in [0.5, 0.6) is 0 Å². The van der Waals surface area contributed by atoms with E-state index in [4.69, 9.17) is 4.52 Å². The van der Waals surface area contributed by atoms with Gasteiger partial charge in [0.05, 0.1) is 0 Å². The molecule has 0 aliphatic heterocycles. The van der Waals surface area contributed by atoms with Crippen molar-refractivity contribution in [3.8, 4) is 11.5 Å². The van der Waals surface area contributed by atoms with Gasteiger partial charge in [0, 0.05) is 5.56 Å². The predicted molar refractivity (Wildman–Crippen MR) is 79.8 cm³/mol. The van der Waals surface area contributed by atoms with Gasteiger partial charge in [-0.25, -0.2) is 0 Å². The molecule has 0 radical (unpaired) electrons. The van der Waals surface area contributed by atoms with E-state index in [1.165, 1.54) is 5.56 Å².